The van der Waals surface area contributed by atoms with Gasteiger partial charge in [-0.1, -0.05) is 6.42 Å². The second-order valence-electron chi connectivity index (χ2n) is 4.94. The van der Waals surface area contributed by atoms with Crippen LogP contribution < -0.4 is 10.6 Å². The minimum Gasteiger partial charge on any atom is -0.481 e. The molecule has 0 atom stereocenters. The number of nitrogens with one attached hydrogen (secondary N) is 2. The van der Waals surface area contributed by atoms with E-state index in [-0.39, 0.29) is 24.9 Å². The predicted molar refractivity (Wildman–Crippen MR) is 68.6 cm³/mol. The molecule has 0 spiro atoms. The number of carbonyl (C=O) groups is 3. The summed E-state index contributed by atoms with van der Waals surface area (Å²) in [6, 6.07) is -0.351. The summed E-state index contributed by atoms with van der Waals surface area (Å²) >= 11 is 0. The maximum Gasteiger partial charge on any atom is 0.317 e. The number of hydrogen-bond donors (Lipinski definition) is 3. The molecule has 0 heterocycles. The molecular weight excluding hydrogens is 250 g/mol. The molecule has 19 heavy (non-hydrogen) atoms. The molecule has 108 valence electrons. The molecule has 7 nitrogen and oxygen atoms in total. The zero-order valence-electron chi connectivity index (χ0n) is 11.4. The van der Waals surface area contributed by atoms with Crippen LogP contribution in [0, 0.1) is 5.41 Å². The molecule has 1 aliphatic carbocycles. The summed E-state index contributed by atoms with van der Waals surface area (Å²) in [4.78, 5) is 35.3. The van der Waals surface area contributed by atoms with E-state index in [1.165, 1.54) is 11.9 Å². The SMILES string of the molecule is CNC(=O)CCN(C)C(=O)NCC1(C(=O)O)CCC1. The van der Waals surface area contributed by atoms with Crippen molar-refractivity contribution in [2.45, 2.75) is 25.7 Å². The van der Waals surface area contributed by atoms with Gasteiger partial charge in [-0.3, -0.25) is 9.59 Å². The Morgan fingerprint density at radius 3 is 2.37 bits per heavy atom. The fraction of sp³-hybridized carbons (Fsp3) is 0.750. The average molecular weight is 271 g/mol. The number of urea groups is 1. The summed E-state index contributed by atoms with van der Waals surface area (Å²) in [6.45, 7) is 0.442. The predicted octanol–water partition coefficient (Wildman–Crippen LogP) is 0.0188. The van der Waals surface area contributed by atoms with Crippen LogP contribution in [0.25, 0.3) is 0 Å². The number of aliphatic carboxylic acids is 1. The monoisotopic (exact) mass is 271 g/mol. The topological polar surface area (TPSA) is 98.7 Å². The van der Waals surface area contributed by atoms with Gasteiger partial charge >= 0.3 is 12.0 Å². The molecule has 7 heteroatoms. The van der Waals surface area contributed by atoms with Gasteiger partial charge in [-0.15, -0.1) is 0 Å². The first-order valence-electron chi connectivity index (χ1n) is 6.34. The zero-order chi connectivity index (χ0) is 14.5. The van der Waals surface area contributed by atoms with Gasteiger partial charge in [-0.25, -0.2) is 4.79 Å². The highest BCUT2D eigenvalue weighted by atomic mass is 16.4. The number of carbonyl (C=O) groups excluding carboxylic acids is 2. The van der Waals surface area contributed by atoms with Crippen molar-refractivity contribution in [2.24, 2.45) is 5.41 Å². The first-order chi connectivity index (χ1) is 8.91. The van der Waals surface area contributed by atoms with E-state index in [9.17, 15) is 14.4 Å². The van der Waals surface area contributed by atoms with Crippen LogP contribution in [0.3, 0.4) is 0 Å². The lowest BCUT2D eigenvalue weighted by atomic mass is 9.69. The minimum atomic E-state index is -0.855. The van der Waals surface area contributed by atoms with E-state index in [1.54, 1.807) is 7.05 Å². The van der Waals surface area contributed by atoms with Gasteiger partial charge in [0, 0.05) is 33.6 Å². The Bertz CT molecular complexity index is 366. The van der Waals surface area contributed by atoms with Crippen molar-refractivity contribution in [1.29, 1.82) is 0 Å². The Balaban J connectivity index is 2.34. The zero-order valence-corrected chi connectivity index (χ0v) is 11.4. The van der Waals surface area contributed by atoms with Gasteiger partial charge in [-0.2, -0.15) is 0 Å². The summed E-state index contributed by atoms with van der Waals surface area (Å²) in [6.07, 6.45) is 2.31. The lowest BCUT2D eigenvalue weighted by molar-refractivity contribution is -0.153. The summed E-state index contributed by atoms with van der Waals surface area (Å²) in [5, 5.41) is 14.2. The van der Waals surface area contributed by atoms with Crippen molar-refractivity contribution in [3.05, 3.63) is 0 Å². The van der Waals surface area contributed by atoms with Gasteiger partial charge in [0.2, 0.25) is 5.91 Å². The number of amides is 3. The quantitative estimate of drug-likeness (QED) is 0.634. The molecule has 0 aromatic carbocycles. The fourth-order valence-electron chi connectivity index (χ4n) is 1.95. The van der Waals surface area contributed by atoms with Crippen LogP contribution in [0.15, 0.2) is 0 Å². The van der Waals surface area contributed by atoms with Gasteiger partial charge in [0.25, 0.3) is 0 Å². The van der Waals surface area contributed by atoms with Crippen LogP contribution in [0.5, 0.6) is 0 Å². The van der Waals surface area contributed by atoms with Gasteiger partial charge < -0.3 is 20.6 Å². The Hall–Kier alpha value is -1.79. The molecule has 0 aromatic rings. The minimum absolute atomic E-state index is 0.138. The molecule has 1 saturated carbocycles. The largest absolute Gasteiger partial charge is 0.481 e. The number of rotatable bonds is 6. The van der Waals surface area contributed by atoms with E-state index < -0.39 is 11.4 Å². The Kier molecular flexibility index (Phi) is 5.14. The fourth-order valence-corrected chi connectivity index (χ4v) is 1.95. The third-order valence-corrected chi connectivity index (χ3v) is 3.64. The first kappa shape index (κ1) is 15.3. The second-order valence-corrected chi connectivity index (χ2v) is 4.94. The van der Waals surface area contributed by atoms with E-state index in [4.69, 9.17) is 5.11 Å². The van der Waals surface area contributed by atoms with E-state index in [1.807, 2.05) is 0 Å². The normalized spacial score (nSPS) is 16.1. The van der Waals surface area contributed by atoms with Gasteiger partial charge in [-0.05, 0) is 12.8 Å². The Labute approximate surface area is 112 Å². The molecule has 1 aliphatic rings. The first-order valence-corrected chi connectivity index (χ1v) is 6.34. The molecule has 0 aliphatic heterocycles. The maximum absolute atomic E-state index is 11.7. The van der Waals surface area contributed by atoms with Crippen molar-refractivity contribution in [2.75, 3.05) is 27.2 Å². The van der Waals surface area contributed by atoms with Gasteiger partial charge in [0.1, 0.15) is 0 Å². The molecule has 0 radical (unpaired) electrons. The van der Waals surface area contributed by atoms with Crippen LogP contribution in [-0.4, -0.2) is 55.1 Å². The second kappa shape index (κ2) is 6.40. The molecule has 0 aromatic heterocycles. The van der Waals surface area contributed by atoms with Crippen LogP contribution in [0.2, 0.25) is 0 Å². The maximum atomic E-state index is 11.7. The van der Waals surface area contributed by atoms with E-state index in [2.05, 4.69) is 10.6 Å². The summed E-state index contributed by atoms with van der Waals surface area (Å²) < 4.78 is 0. The standard InChI is InChI=1S/C12H21N3O4/c1-13-9(16)4-7-15(2)11(19)14-8-12(10(17)18)5-3-6-12/h3-8H2,1-2H3,(H,13,16)(H,14,19)(H,17,18). The average Bonchev–Trinajstić information content (AvgIpc) is 2.33. The van der Waals surface area contributed by atoms with E-state index in [0.717, 1.165) is 6.42 Å². The number of carboxylic acids is 1. The summed E-state index contributed by atoms with van der Waals surface area (Å²) in [5.41, 5.74) is -0.794. The van der Waals surface area contributed by atoms with Gasteiger partial charge in [0.15, 0.2) is 0 Å². The van der Waals surface area contributed by atoms with Crippen molar-refractivity contribution < 1.29 is 19.5 Å². The lowest BCUT2D eigenvalue weighted by Gasteiger charge is -2.37. The van der Waals surface area contributed by atoms with Crippen LogP contribution in [0.1, 0.15) is 25.7 Å². The highest BCUT2D eigenvalue weighted by molar-refractivity contribution is 5.79. The number of hydrogen-bond acceptors (Lipinski definition) is 3. The molecular formula is C12H21N3O4. The molecule has 0 saturated heterocycles. The van der Waals surface area contributed by atoms with Crippen LogP contribution in [-0.2, 0) is 9.59 Å². The smallest absolute Gasteiger partial charge is 0.317 e. The third kappa shape index (κ3) is 3.84. The highest BCUT2D eigenvalue weighted by Crippen LogP contribution is 2.40. The molecule has 3 N–H and O–H groups in total. The number of carboxylic acid groups (broad SMARTS) is 1. The molecule has 1 fully saturated rings. The van der Waals surface area contributed by atoms with Crippen molar-refractivity contribution in [3.63, 3.8) is 0 Å². The van der Waals surface area contributed by atoms with Crippen molar-refractivity contribution in [3.8, 4) is 0 Å². The van der Waals surface area contributed by atoms with Crippen molar-refractivity contribution in [1.82, 2.24) is 15.5 Å². The highest BCUT2D eigenvalue weighted by Gasteiger charge is 2.44. The van der Waals surface area contributed by atoms with E-state index in [0.29, 0.717) is 19.4 Å². The van der Waals surface area contributed by atoms with Crippen LogP contribution in [0.4, 0.5) is 4.79 Å². The Morgan fingerprint density at radius 1 is 1.32 bits per heavy atom. The molecule has 0 bridgehead atoms. The van der Waals surface area contributed by atoms with Crippen LogP contribution >= 0.6 is 0 Å². The van der Waals surface area contributed by atoms with Crippen molar-refractivity contribution >= 4 is 17.9 Å². The summed E-state index contributed by atoms with van der Waals surface area (Å²) in [7, 11) is 3.11. The molecule has 1 rings (SSSR count). The third-order valence-electron chi connectivity index (χ3n) is 3.64. The Morgan fingerprint density at radius 2 is 1.95 bits per heavy atom. The van der Waals surface area contributed by atoms with Gasteiger partial charge in [0.05, 0.1) is 5.41 Å². The van der Waals surface area contributed by atoms with E-state index >= 15 is 0 Å². The molecule has 3 amide bonds. The molecule has 0 unspecified atom stereocenters. The number of nitrogens with zero attached hydrogens (tertiary/aromatic N) is 1. The summed E-state index contributed by atoms with van der Waals surface area (Å²) in [5.74, 6) is -0.993. The lowest BCUT2D eigenvalue weighted by Crippen LogP contribution is -2.50.